The Bertz CT molecular complexity index is 917. The number of nitrogens with zero attached hydrogens (tertiary/aromatic N) is 3. The van der Waals surface area contributed by atoms with Gasteiger partial charge < -0.3 is 19.1 Å². The van der Waals surface area contributed by atoms with Crippen LogP contribution in [0.1, 0.15) is 30.1 Å². The van der Waals surface area contributed by atoms with Crippen molar-refractivity contribution in [1.29, 1.82) is 0 Å². The van der Waals surface area contributed by atoms with Crippen LogP contribution in [0.4, 0.5) is 0 Å². The van der Waals surface area contributed by atoms with Crippen LogP contribution in [0, 0.1) is 6.92 Å². The fraction of sp³-hybridized carbons (Fsp3) is 0.450. The van der Waals surface area contributed by atoms with Gasteiger partial charge in [0.1, 0.15) is 0 Å². The molecule has 0 aliphatic carbocycles. The number of likely N-dealkylation sites (tertiary alicyclic amines) is 1. The van der Waals surface area contributed by atoms with Gasteiger partial charge in [0.15, 0.2) is 5.82 Å². The zero-order valence-electron chi connectivity index (χ0n) is 15.5. The third-order valence-electron chi connectivity index (χ3n) is 5.00. The highest BCUT2D eigenvalue weighted by atomic mass is 16.5. The summed E-state index contributed by atoms with van der Waals surface area (Å²) in [4.78, 5) is 22.1. The second kappa shape index (κ2) is 7.92. The lowest BCUT2D eigenvalue weighted by Crippen LogP contribution is -2.44. The number of ether oxygens (including phenoxy) is 1. The molecule has 1 N–H and O–H groups in total. The highest BCUT2D eigenvalue weighted by molar-refractivity contribution is 5.88. The number of piperidine rings is 1. The standard InChI is InChI=1S/C20H24N4O3/c1-14-22-19(23-27-14)8-10-26-16-5-4-9-24(13-16)20(25)11-15-12-21-18-7-3-2-6-17(15)18/h2-3,6-7,12,16,21H,4-5,8-11,13H2,1H3. The molecule has 4 rings (SSSR count). The summed E-state index contributed by atoms with van der Waals surface area (Å²) in [6.45, 7) is 3.75. The minimum absolute atomic E-state index is 0.0682. The molecule has 0 radical (unpaired) electrons. The number of amides is 1. The molecule has 0 bridgehead atoms. The van der Waals surface area contributed by atoms with E-state index >= 15 is 0 Å². The molecule has 1 fully saturated rings. The molecule has 1 aliphatic heterocycles. The molecular formula is C20H24N4O3. The lowest BCUT2D eigenvalue weighted by Gasteiger charge is -2.32. The molecule has 27 heavy (non-hydrogen) atoms. The van der Waals surface area contributed by atoms with Gasteiger partial charge in [-0.05, 0) is 24.5 Å². The van der Waals surface area contributed by atoms with Crippen LogP contribution in [0.15, 0.2) is 35.0 Å². The van der Waals surface area contributed by atoms with E-state index < -0.39 is 0 Å². The topological polar surface area (TPSA) is 84.2 Å². The monoisotopic (exact) mass is 368 g/mol. The van der Waals surface area contributed by atoms with Crippen molar-refractivity contribution < 1.29 is 14.1 Å². The lowest BCUT2D eigenvalue weighted by molar-refractivity contribution is -0.134. The summed E-state index contributed by atoms with van der Waals surface area (Å²) in [5.41, 5.74) is 2.11. The highest BCUT2D eigenvalue weighted by Crippen LogP contribution is 2.20. The van der Waals surface area contributed by atoms with E-state index in [4.69, 9.17) is 9.26 Å². The van der Waals surface area contributed by atoms with Gasteiger partial charge in [0, 0.05) is 43.5 Å². The molecule has 1 unspecified atom stereocenters. The van der Waals surface area contributed by atoms with E-state index in [1.807, 2.05) is 29.3 Å². The maximum absolute atomic E-state index is 12.8. The molecule has 142 valence electrons. The first-order valence-electron chi connectivity index (χ1n) is 9.42. The molecule has 0 saturated carbocycles. The number of H-pyrrole nitrogens is 1. The maximum atomic E-state index is 12.8. The number of fused-ring (bicyclic) bond motifs is 1. The van der Waals surface area contributed by atoms with Crippen LogP contribution in [0.3, 0.4) is 0 Å². The average Bonchev–Trinajstić information content (AvgIpc) is 3.28. The fourth-order valence-corrected chi connectivity index (χ4v) is 3.61. The van der Waals surface area contributed by atoms with E-state index in [1.165, 1.54) is 0 Å². The van der Waals surface area contributed by atoms with Gasteiger partial charge in [-0.1, -0.05) is 23.4 Å². The fourth-order valence-electron chi connectivity index (χ4n) is 3.61. The number of benzene rings is 1. The van der Waals surface area contributed by atoms with Gasteiger partial charge in [-0.25, -0.2) is 0 Å². The number of carbonyl (C=O) groups is 1. The van der Waals surface area contributed by atoms with Crippen molar-refractivity contribution in [1.82, 2.24) is 20.0 Å². The molecular weight excluding hydrogens is 344 g/mol. The number of aromatic amines is 1. The minimum atomic E-state index is 0.0682. The molecule has 1 aromatic carbocycles. The summed E-state index contributed by atoms with van der Waals surface area (Å²) in [5, 5.41) is 4.99. The van der Waals surface area contributed by atoms with E-state index in [0.717, 1.165) is 35.9 Å². The van der Waals surface area contributed by atoms with Crippen LogP contribution in [0.2, 0.25) is 0 Å². The zero-order chi connectivity index (χ0) is 18.6. The Morgan fingerprint density at radius 1 is 1.41 bits per heavy atom. The normalized spacial score (nSPS) is 17.5. The molecule has 1 saturated heterocycles. The minimum Gasteiger partial charge on any atom is -0.376 e. The molecule has 1 amide bonds. The van der Waals surface area contributed by atoms with E-state index in [1.54, 1.807) is 6.92 Å². The smallest absolute Gasteiger partial charge is 0.227 e. The quantitative estimate of drug-likeness (QED) is 0.723. The molecule has 1 aliphatic rings. The number of aryl methyl sites for hydroxylation is 1. The third-order valence-corrected chi connectivity index (χ3v) is 5.00. The predicted molar refractivity (Wildman–Crippen MR) is 100 cm³/mol. The summed E-state index contributed by atoms with van der Waals surface area (Å²) >= 11 is 0. The van der Waals surface area contributed by atoms with Gasteiger partial charge in [-0.15, -0.1) is 0 Å². The number of aromatic nitrogens is 3. The number of rotatable bonds is 6. The molecule has 3 heterocycles. The van der Waals surface area contributed by atoms with Crippen molar-refractivity contribution in [2.24, 2.45) is 0 Å². The molecule has 3 aromatic rings. The summed E-state index contributed by atoms with van der Waals surface area (Å²) in [6, 6.07) is 8.07. The second-order valence-electron chi connectivity index (χ2n) is 6.99. The molecule has 1 atom stereocenters. The predicted octanol–water partition coefficient (Wildman–Crippen LogP) is 2.65. The number of carbonyl (C=O) groups excluding carboxylic acids is 1. The number of para-hydroxylation sites is 1. The van der Waals surface area contributed by atoms with Crippen molar-refractivity contribution in [3.63, 3.8) is 0 Å². The number of hydrogen-bond acceptors (Lipinski definition) is 5. The summed E-state index contributed by atoms with van der Waals surface area (Å²) in [6.07, 6.45) is 4.98. The largest absolute Gasteiger partial charge is 0.376 e. The van der Waals surface area contributed by atoms with Crippen molar-refractivity contribution in [3.8, 4) is 0 Å². The average molecular weight is 368 g/mol. The summed E-state index contributed by atoms with van der Waals surface area (Å²) in [7, 11) is 0. The van der Waals surface area contributed by atoms with Crippen LogP contribution in [-0.2, 0) is 22.4 Å². The van der Waals surface area contributed by atoms with E-state index in [9.17, 15) is 4.79 Å². The van der Waals surface area contributed by atoms with Gasteiger partial charge in [-0.2, -0.15) is 4.98 Å². The van der Waals surface area contributed by atoms with Gasteiger partial charge in [0.25, 0.3) is 0 Å². The van der Waals surface area contributed by atoms with E-state index in [2.05, 4.69) is 21.2 Å². The SMILES string of the molecule is Cc1nc(CCOC2CCCN(C(=O)Cc3c[nH]c4ccccc34)C2)no1. The van der Waals surface area contributed by atoms with Crippen molar-refractivity contribution in [2.75, 3.05) is 19.7 Å². The van der Waals surface area contributed by atoms with Gasteiger partial charge >= 0.3 is 0 Å². The van der Waals surface area contributed by atoms with Crippen LogP contribution < -0.4 is 0 Å². The Morgan fingerprint density at radius 3 is 3.15 bits per heavy atom. The van der Waals surface area contributed by atoms with Crippen LogP contribution in [0.5, 0.6) is 0 Å². The third kappa shape index (κ3) is 4.19. The molecule has 7 heteroatoms. The van der Waals surface area contributed by atoms with Crippen LogP contribution in [-0.4, -0.2) is 51.7 Å². The highest BCUT2D eigenvalue weighted by Gasteiger charge is 2.24. The first kappa shape index (κ1) is 17.7. The van der Waals surface area contributed by atoms with Crippen molar-refractivity contribution >= 4 is 16.8 Å². The van der Waals surface area contributed by atoms with Gasteiger partial charge in [0.2, 0.25) is 11.8 Å². The Hall–Kier alpha value is -2.67. The summed E-state index contributed by atoms with van der Waals surface area (Å²) in [5.74, 6) is 1.38. The molecule has 7 nitrogen and oxygen atoms in total. The Labute approximate surface area is 157 Å². The van der Waals surface area contributed by atoms with Gasteiger partial charge in [0.05, 0.1) is 19.1 Å². The summed E-state index contributed by atoms with van der Waals surface area (Å²) < 4.78 is 10.9. The second-order valence-corrected chi connectivity index (χ2v) is 6.99. The first-order valence-corrected chi connectivity index (χ1v) is 9.42. The van der Waals surface area contributed by atoms with Crippen molar-refractivity contribution in [2.45, 2.75) is 38.7 Å². The number of nitrogens with one attached hydrogen (secondary N) is 1. The zero-order valence-corrected chi connectivity index (χ0v) is 15.5. The van der Waals surface area contributed by atoms with Crippen LogP contribution in [0.25, 0.3) is 10.9 Å². The Kier molecular flexibility index (Phi) is 5.20. The lowest BCUT2D eigenvalue weighted by atomic mass is 10.1. The van der Waals surface area contributed by atoms with Crippen LogP contribution >= 0.6 is 0 Å². The van der Waals surface area contributed by atoms with E-state index in [-0.39, 0.29) is 12.0 Å². The van der Waals surface area contributed by atoms with Crippen molar-refractivity contribution in [3.05, 3.63) is 47.7 Å². The Morgan fingerprint density at radius 2 is 2.30 bits per heavy atom. The van der Waals surface area contributed by atoms with Gasteiger partial charge in [-0.3, -0.25) is 4.79 Å². The van der Waals surface area contributed by atoms with E-state index in [0.29, 0.717) is 37.7 Å². The molecule has 2 aromatic heterocycles. The number of hydrogen-bond donors (Lipinski definition) is 1. The molecule has 0 spiro atoms. The Balaban J connectivity index is 1.30. The first-order chi connectivity index (χ1) is 13.2. The maximum Gasteiger partial charge on any atom is 0.227 e.